The van der Waals surface area contributed by atoms with Gasteiger partial charge in [0.1, 0.15) is 0 Å². The van der Waals surface area contributed by atoms with Crippen LogP contribution in [0.5, 0.6) is 0 Å². The Labute approximate surface area is 199 Å². The zero-order valence-electron chi connectivity index (χ0n) is 22.4. The van der Waals surface area contributed by atoms with E-state index >= 15 is 0 Å². The third-order valence-corrected chi connectivity index (χ3v) is 7.62. The van der Waals surface area contributed by atoms with Gasteiger partial charge in [0, 0.05) is 0 Å². The molecule has 0 spiro atoms. The minimum atomic E-state index is 1.19. The molecular formula is C30H62N+. The molecule has 0 saturated carbocycles. The van der Waals surface area contributed by atoms with Gasteiger partial charge in [-0.2, -0.15) is 0 Å². The van der Waals surface area contributed by atoms with E-state index in [0.717, 1.165) is 0 Å². The molecule has 0 fully saturated rings. The topological polar surface area (TPSA) is 0 Å². The molecule has 0 aromatic rings. The monoisotopic (exact) mass is 436 g/mol. The van der Waals surface area contributed by atoms with E-state index in [1.54, 1.807) is 0 Å². The van der Waals surface area contributed by atoms with E-state index in [1.807, 2.05) is 0 Å². The average Bonchev–Trinajstić information content (AvgIpc) is 2.80. The van der Waals surface area contributed by atoms with Gasteiger partial charge >= 0.3 is 0 Å². The van der Waals surface area contributed by atoms with Crippen molar-refractivity contribution in [2.24, 2.45) is 0 Å². The van der Waals surface area contributed by atoms with Crippen LogP contribution in [0.25, 0.3) is 0 Å². The summed E-state index contributed by atoms with van der Waals surface area (Å²) in [6.07, 6.45) is 32.3. The van der Waals surface area contributed by atoms with Crippen molar-refractivity contribution in [2.75, 3.05) is 26.2 Å². The first kappa shape index (κ1) is 30.7. The molecule has 0 rings (SSSR count). The number of unbranched alkanes of at least 4 members (excludes halogenated alkanes) is 19. The van der Waals surface area contributed by atoms with Gasteiger partial charge < -0.3 is 4.48 Å². The molecule has 0 aromatic heterocycles. The summed E-state index contributed by atoms with van der Waals surface area (Å²) in [6, 6.07) is 0. The Bertz CT molecular complexity index is 344. The molecule has 0 radical (unpaired) electrons. The summed E-state index contributed by atoms with van der Waals surface area (Å²) in [5.41, 5.74) is 0. The molecule has 0 heterocycles. The molecule has 0 saturated heterocycles. The summed E-state index contributed by atoms with van der Waals surface area (Å²) in [4.78, 5) is 0. The maximum absolute atomic E-state index is 3.86. The first-order valence-corrected chi connectivity index (χ1v) is 14.7. The van der Waals surface area contributed by atoms with Crippen LogP contribution in [-0.4, -0.2) is 30.7 Å². The Morgan fingerprint density at radius 2 is 0.774 bits per heavy atom. The summed E-state index contributed by atoms with van der Waals surface area (Å²) in [6.45, 7) is 16.3. The fourth-order valence-corrected chi connectivity index (χ4v) is 5.05. The van der Waals surface area contributed by atoms with E-state index < -0.39 is 0 Å². The van der Waals surface area contributed by atoms with Crippen LogP contribution < -0.4 is 0 Å². The van der Waals surface area contributed by atoms with Crippen molar-refractivity contribution in [1.82, 2.24) is 0 Å². The molecule has 0 bridgehead atoms. The Balaban J connectivity index is 3.40. The van der Waals surface area contributed by atoms with Gasteiger partial charge in [0.2, 0.25) is 0 Å². The van der Waals surface area contributed by atoms with Crippen LogP contribution in [0.3, 0.4) is 0 Å². The van der Waals surface area contributed by atoms with E-state index in [0.29, 0.717) is 0 Å². The van der Waals surface area contributed by atoms with Crippen molar-refractivity contribution in [3.05, 3.63) is 12.7 Å². The molecule has 0 atom stereocenters. The number of nitrogens with zero attached hydrogens (tertiary/aromatic N) is 1. The van der Waals surface area contributed by atoms with Crippen LogP contribution in [0.15, 0.2) is 12.7 Å². The molecule has 1 nitrogen and oxygen atoms in total. The fraction of sp³-hybridized carbons (Fsp3) is 0.933. The van der Waals surface area contributed by atoms with Crippen molar-refractivity contribution in [2.45, 2.75) is 156 Å². The Morgan fingerprint density at radius 1 is 0.452 bits per heavy atom. The largest absolute Gasteiger partial charge is 0.324 e. The number of rotatable bonds is 26. The molecule has 186 valence electrons. The Morgan fingerprint density at radius 3 is 1.10 bits per heavy atom. The molecule has 0 amide bonds. The molecule has 0 aliphatic heterocycles. The maximum Gasteiger partial charge on any atom is 0.0786 e. The number of quaternary nitrogens is 1. The highest BCUT2D eigenvalue weighted by Crippen LogP contribution is 2.16. The normalized spacial score (nSPS) is 11.8. The zero-order chi connectivity index (χ0) is 22.9. The predicted octanol–water partition coefficient (Wildman–Crippen LogP) is 10.2. The quantitative estimate of drug-likeness (QED) is 0.0718. The minimum Gasteiger partial charge on any atom is -0.324 e. The van der Waals surface area contributed by atoms with E-state index in [9.17, 15) is 0 Å². The van der Waals surface area contributed by atoms with Crippen LogP contribution in [-0.2, 0) is 0 Å². The first-order valence-electron chi connectivity index (χ1n) is 14.7. The lowest BCUT2D eigenvalue weighted by molar-refractivity contribution is -0.925. The second kappa shape index (κ2) is 24.3. The van der Waals surface area contributed by atoms with Gasteiger partial charge in [-0.1, -0.05) is 116 Å². The van der Waals surface area contributed by atoms with Crippen molar-refractivity contribution in [1.29, 1.82) is 0 Å². The number of hydrogen-bond donors (Lipinski definition) is 0. The van der Waals surface area contributed by atoms with Gasteiger partial charge in [-0.25, -0.2) is 0 Å². The lowest BCUT2D eigenvalue weighted by atomic mass is 10.0. The van der Waals surface area contributed by atoms with E-state index in [1.165, 1.54) is 165 Å². The van der Waals surface area contributed by atoms with Crippen LogP contribution in [0.2, 0.25) is 0 Å². The summed E-state index contributed by atoms with van der Waals surface area (Å²) in [7, 11) is 0. The van der Waals surface area contributed by atoms with E-state index in [4.69, 9.17) is 0 Å². The van der Waals surface area contributed by atoms with E-state index in [2.05, 4.69) is 33.4 Å². The summed E-state index contributed by atoms with van der Waals surface area (Å²) < 4.78 is 1.34. The highest BCUT2D eigenvalue weighted by Gasteiger charge is 2.21. The van der Waals surface area contributed by atoms with Gasteiger partial charge in [-0.15, -0.1) is 6.58 Å². The van der Waals surface area contributed by atoms with Crippen LogP contribution >= 0.6 is 0 Å². The second-order valence-corrected chi connectivity index (χ2v) is 10.2. The van der Waals surface area contributed by atoms with Crippen molar-refractivity contribution in [3.8, 4) is 0 Å². The highest BCUT2D eigenvalue weighted by molar-refractivity contribution is 4.65. The maximum atomic E-state index is 3.86. The molecular weight excluding hydrogens is 374 g/mol. The van der Waals surface area contributed by atoms with Gasteiger partial charge in [0.05, 0.1) is 26.2 Å². The van der Waals surface area contributed by atoms with Crippen molar-refractivity contribution < 1.29 is 4.48 Å². The van der Waals surface area contributed by atoms with Crippen LogP contribution in [0.1, 0.15) is 156 Å². The lowest BCUT2D eigenvalue weighted by Crippen LogP contribution is -2.49. The first-order chi connectivity index (χ1) is 15.2. The predicted molar refractivity (Wildman–Crippen MR) is 144 cm³/mol. The third-order valence-electron chi connectivity index (χ3n) is 7.62. The summed E-state index contributed by atoms with van der Waals surface area (Å²) >= 11 is 0. The van der Waals surface area contributed by atoms with Crippen molar-refractivity contribution >= 4 is 0 Å². The Kier molecular flexibility index (Phi) is 24.1. The standard InChI is InChI=1S/C30H62N/c1-5-9-11-13-14-15-16-17-18-19-20-21-22-23-24-25-26-28-30-31(7-3,8-4)29-27-12-10-6-2/h6H,2,5,7-30H2,1,3-4H3/q+1. The molecule has 1 heteroatoms. The van der Waals surface area contributed by atoms with Crippen molar-refractivity contribution in [3.63, 3.8) is 0 Å². The zero-order valence-corrected chi connectivity index (χ0v) is 22.4. The van der Waals surface area contributed by atoms with Crippen LogP contribution in [0.4, 0.5) is 0 Å². The van der Waals surface area contributed by atoms with Gasteiger partial charge in [0.15, 0.2) is 0 Å². The van der Waals surface area contributed by atoms with Gasteiger partial charge in [-0.3, -0.25) is 0 Å². The molecule has 0 aromatic carbocycles. The second-order valence-electron chi connectivity index (χ2n) is 10.2. The lowest BCUT2D eigenvalue weighted by Gasteiger charge is -2.37. The molecule has 0 N–H and O–H groups in total. The fourth-order valence-electron chi connectivity index (χ4n) is 5.05. The SMILES string of the molecule is C=CCCCC[N+](CC)(CC)CCCCCCCCCCCCCCCCCCCC. The molecule has 31 heavy (non-hydrogen) atoms. The molecule has 0 aliphatic carbocycles. The average molecular weight is 437 g/mol. The van der Waals surface area contributed by atoms with E-state index in [-0.39, 0.29) is 0 Å². The number of hydrogen-bond acceptors (Lipinski definition) is 0. The van der Waals surface area contributed by atoms with Crippen LogP contribution in [0, 0.1) is 0 Å². The minimum absolute atomic E-state index is 1.19. The van der Waals surface area contributed by atoms with Gasteiger partial charge in [0.25, 0.3) is 0 Å². The molecule has 0 unspecified atom stereocenters. The number of allylic oxidation sites excluding steroid dienone is 1. The highest BCUT2D eigenvalue weighted by atomic mass is 15.3. The summed E-state index contributed by atoms with van der Waals surface area (Å²) in [5.74, 6) is 0. The summed E-state index contributed by atoms with van der Waals surface area (Å²) in [5, 5.41) is 0. The smallest absolute Gasteiger partial charge is 0.0786 e. The van der Waals surface area contributed by atoms with Gasteiger partial charge in [-0.05, 0) is 46.0 Å². The molecule has 0 aliphatic rings. The Hall–Kier alpha value is -0.300. The third kappa shape index (κ3) is 20.1.